The molecule has 19 heavy (non-hydrogen) atoms. The molecule has 0 aliphatic rings. The molecule has 0 spiro atoms. The van der Waals surface area contributed by atoms with Crippen LogP contribution < -0.4 is 5.32 Å². The summed E-state index contributed by atoms with van der Waals surface area (Å²) in [4.78, 5) is 4.05. The molecule has 0 aliphatic heterocycles. The molecule has 100 valence electrons. The van der Waals surface area contributed by atoms with Gasteiger partial charge in [0, 0.05) is 29.5 Å². The number of hydrogen-bond acceptors (Lipinski definition) is 2. The minimum absolute atomic E-state index is 0.295. The number of hydrogen-bond donors (Lipinski definition) is 1. The number of nitrogens with one attached hydrogen (secondary N) is 1. The molecule has 0 fully saturated rings. The lowest BCUT2D eigenvalue weighted by Gasteiger charge is -2.23. The van der Waals surface area contributed by atoms with Crippen LogP contribution in [0.15, 0.2) is 48.8 Å². The minimum atomic E-state index is 0.295. The molecule has 1 aromatic carbocycles. The Morgan fingerprint density at radius 1 is 1.05 bits per heavy atom. The number of nitrogens with zero attached hydrogens (tertiary/aromatic N) is 1. The number of pyridine rings is 1. The van der Waals surface area contributed by atoms with E-state index in [4.69, 9.17) is 11.6 Å². The first kappa shape index (κ1) is 14.0. The van der Waals surface area contributed by atoms with Crippen molar-refractivity contribution >= 4 is 11.6 Å². The van der Waals surface area contributed by atoms with Crippen LogP contribution in [0.25, 0.3) is 0 Å². The summed E-state index contributed by atoms with van der Waals surface area (Å²) in [5.74, 6) is 0. The molecular weight excluding hydrogens is 256 g/mol. The first-order chi connectivity index (χ1) is 9.20. The molecule has 2 aromatic rings. The first-order valence-electron chi connectivity index (χ1n) is 6.62. The Kier molecular flexibility index (Phi) is 4.94. The molecule has 0 saturated carbocycles. The molecule has 0 saturated heterocycles. The van der Waals surface area contributed by atoms with Gasteiger partial charge in [0.25, 0.3) is 0 Å². The Hall–Kier alpha value is -1.38. The molecule has 0 radical (unpaired) electrons. The molecule has 0 bridgehead atoms. The summed E-state index contributed by atoms with van der Waals surface area (Å²) in [6.07, 6.45) is 4.70. The van der Waals surface area contributed by atoms with Gasteiger partial charge in [0.05, 0.1) is 0 Å². The smallest absolute Gasteiger partial charge is 0.0406 e. The topological polar surface area (TPSA) is 24.9 Å². The maximum absolute atomic E-state index is 5.93. The second kappa shape index (κ2) is 6.69. The van der Waals surface area contributed by atoms with Crippen LogP contribution in [-0.2, 0) is 0 Å². The van der Waals surface area contributed by atoms with E-state index >= 15 is 0 Å². The fourth-order valence-electron chi connectivity index (χ4n) is 2.19. The molecule has 2 atom stereocenters. The summed E-state index contributed by atoms with van der Waals surface area (Å²) < 4.78 is 0. The van der Waals surface area contributed by atoms with Crippen LogP contribution in [0.5, 0.6) is 0 Å². The van der Waals surface area contributed by atoms with Gasteiger partial charge in [-0.3, -0.25) is 4.98 Å². The number of aromatic nitrogens is 1. The second-order valence-electron chi connectivity index (χ2n) is 4.68. The van der Waals surface area contributed by atoms with Gasteiger partial charge >= 0.3 is 0 Å². The summed E-state index contributed by atoms with van der Waals surface area (Å²) in [7, 11) is 0. The highest BCUT2D eigenvalue weighted by Gasteiger charge is 2.13. The SMILES string of the molecule is CCC(NC(C)c1ccncc1)c1ccc(Cl)cc1. The van der Waals surface area contributed by atoms with Crippen LogP contribution in [0.1, 0.15) is 43.5 Å². The number of halogens is 1. The van der Waals surface area contributed by atoms with Crippen molar-refractivity contribution in [2.24, 2.45) is 0 Å². The summed E-state index contributed by atoms with van der Waals surface area (Å²) >= 11 is 5.93. The molecule has 0 amide bonds. The van der Waals surface area contributed by atoms with Crippen LogP contribution in [0.2, 0.25) is 5.02 Å². The lowest BCUT2D eigenvalue weighted by Crippen LogP contribution is -2.24. The first-order valence-corrected chi connectivity index (χ1v) is 7.00. The van der Waals surface area contributed by atoms with E-state index < -0.39 is 0 Å². The maximum Gasteiger partial charge on any atom is 0.0406 e. The molecule has 1 N–H and O–H groups in total. The predicted molar refractivity (Wildman–Crippen MR) is 80.3 cm³/mol. The van der Waals surface area contributed by atoms with Crippen molar-refractivity contribution in [3.63, 3.8) is 0 Å². The molecule has 2 rings (SSSR count). The Morgan fingerprint density at radius 3 is 2.26 bits per heavy atom. The Bertz CT molecular complexity index is 496. The Morgan fingerprint density at radius 2 is 1.68 bits per heavy atom. The average molecular weight is 275 g/mol. The van der Waals surface area contributed by atoms with E-state index in [0.29, 0.717) is 12.1 Å². The van der Waals surface area contributed by atoms with Crippen LogP contribution in [0, 0.1) is 0 Å². The zero-order valence-corrected chi connectivity index (χ0v) is 12.1. The van der Waals surface area contributed by atoms with E-state index in [1.807, 2.05) is 36.7 Å². The molecule has 2 unspecified atom stereocenters. The van der Waals surface area contributed by atoms with Gasteiger partial charge in [0.1, 0.15) is 0 Å². The fraction of sp³-hybridized carbons (Fsp3) is 0.312. The van der Waals surface area contributed by atoms with Gasteiger partial charge in [-0.1, -0.05) is 30.7 Å². The van der Waals surface area contributed by atoms with Crippen molar-refractivity contribution in [2.75, 3.05) is 0 Å². The fourth-order valence-corrected chi connectivity index (χ4v) is 2.32. The summed E-state index contributed by atoms with van der Waals surface area (Å²) in [6.45, 7) is 4.36. The zero-order chi connectivity index (χ0) is 13.7. The standard InChI is InChI=1S/C16H19ClN2/c1-3-16(14-4-6-15(17)7-5-14)19-12(2)13-8-10-18-11-9-13/h4-12,16,19H,3H2,1-2H3. The normalized spacial score (nSPS) is 14.1. The quantitative estimate of drug-likeness (QED) is 0.866. The van der Waals surface area contributed by atoms with Gasteiger partial charge in [0.15, 0.2) is 0 Å². The molecule has 0 aliphatic carbocycles. The van der Waals surface area contributed by atoms with E-state index in [1.54, 1.807) is 0 Å². The van der Waals surface area contributed by atoms with Gasteiger partial charge in [-0.2, -0.15) is 0 Å². The van der Waals surface area contributed by atoms with Gasteiger partial charge in [0.2, 0.25) is 0 Å². The van der Waals surface area contributed by atoms with E-state index in [2.05, 4.69) is 36.3 Å². The van der Waals surface area contributed by atoms with Crippen LogP contribution >= 0.6 is 11.6 Å². The monoisotopic (exact) mass is 274 g/mol. The van der Waals surface area contributed by atoms with Gasteiger partial charge < -0.3 is 5.32 Å². The van der Waals surface area contributed by atoms with E-state index in [-0.39, 0.29) is 0 Å². The average Bonchev–Trinajstić information content (AvgIpc) is 2.46. The van der Waals surface area contributed by atoms with Crippen LogP contribution in [0.4, 0.5) is 0 Å². The van der Waals surface area contributed by atoms with Crippen molar-refractivity contribution < 1.29 is 0 Å². The van der Waals surface area contributed by atoms with Crippen LogP contribution in [0.3, 0.4) is 0 Å². The predicted octanol–water partition coefficient (Wildman–Crippen LogP) is 4.54. The third-order valence-electron chi connectivity index (χ3n) is 3.34. The van der Waals surface area contributed by atoms with Crippen molar-refractivity contribution in [1.29, 1.82) is 0 Å². The van der Waals surface area contributed by atoms with Crippen molar-refractivity contribution in [2.45, 2.75) is 32.4 Å². The molecule has 3 heteroatoms. The van der Waals surface area contributed by atoms with Gasteiger partial charge in [-0.25, -0.2) is 0 Å². The summed E-state index contributed by atoms with van der Waals surface area (Å²) in [5.41, 5.74) is 2.52. The molecule has 2 nitrogen and oxygen atoms in total. The molecule has 1 heterocycles. The van der Waals surface area contributed by atoms with Crippen molar-refractivity contribution in [3.8, 4) is 0 Å². The van der Waals surface area contributed by atoms with Gasteiger partial charge in [-0.05, 0) is 48.7 Å². The van der Waals surface area contributed by atoms with Crippen molar-refractivity contribution in [1.82, 2.24) is 10.3 Å². The van der Waals surface area contributed by atoms with E-state index in [9.17, 15) is 0 Å². The second-order valence-corrected chi connectivity index (χ2v) is 5.12. The highest BCUT2D eigenvalue weighted by atomic mass is 35.5. The van der Waals surface area contributed by atoms with E-state index in [0.717, 1.165) is 11.4 Å². The third-order valence-corrected chi connectivity index (χ3v) is 3.59. The summed E-state index contributed by atoms with van der Waals surface area (Å²) in [6, 6.07) is 12.8. The highest BCUT2D eigenvalue weighted by Crippen LogP contribution is 2.23. The lowest BCUT2D eigenvalue weighted by molar-refractivity contribution is 0.456. The third kappa shape index (κ3) is 3.79. The maximum atomic E-state index is 5.93. The van der Waals surface area contributed by atoms with E-state index in [1.165, 1.54) is 11.1 Å². The highest BCUT2D eigenvalue weighted by molar-refractivity contribution is 6.30. The molecular formula is C16H19ClN2. The zero-order valence-electron chi connectivity index (χ0n) is 11.3. The van der Waals surface area contributed by atoms with Crippen LogP contribution in [-0.4, -0.2) is 4.98 Å². The lowest BCUT2D eigenvalue weighted by atomic mass is 10.0. The Labute approximate surface area is 119 Å². The Balaban J connectivity index is 2.09. The molecule has 1 aromatic heterocycles. The largest absolute Gasteiger partial charge is 0.303 e. The van der Waals surface area contributed by atoms with Crippen molar-refractivity contribution in [3.05, 3.63) is 64.9 Å². The number of benzene rings is 1. The van der Waals surface area contributed by atoms with Gasteiger partial charge in [-0.15, -0.1) is 0 Å². The minimum Gasteiger partial charge on any atom is -0.303 e. The number of rotatable bonds is 5. The summed E-state index contributed by atoms with van der Waals surface area (Å²) in [5, 5.41) is 4.43.